The molecule has 0 aromatic carbocycles. The average molecular weight is 250 g/mol. The molecule has 0 saturated carbocycles. The second-order valence-electron chi connectivity index (χ2n) is 3.61. The number of imidazole rings is 1. The van der Waals surface area contributed by atoms with E-state index in [1.807, 2.05) is 7.05 Å². The van der Waals surface area contributed by atoms with Crippen molar-refractivity contribution in [1.82, 2.24) is 34.3 Å². The van der Waals surface area contributed by atoms with Crippen LogP contribution < -0.4 is 0 Å². The lowest BCUT2D eigenvalue weighted by atomic mass is 10.3. The Balaban J connectivity index is 2.35. The number of aryl methyl sites for hydroxylation is 2. The lowest BCUT2D eigenvalue weighted by molar-refractivity contribution is 0.767. The summed E-state index contributed by atoms with van der Waals surface area (Å²) >= 11 is 5.88. The zero-order chi connectivity index (χ0) is 12.0. The number of rotatable bonds is 1. The van der Waals surface area contributed by atoms with Crippen molar-refractivity contribution in [3.05, 3.63) is 17.9 Å². The van der Waals surface area contributed by atoms with Gasteiger partial charge >= 0.3 is 0 Å². The van der Waals surface area contributed by atoms with Gasteiger partial charge in [-0.25, -0.2) is 15.0 Å². The highest BCUT2D eigenvalue weighted by molar-refractivity contribution is 6.28. The van der Waals surface area contributed by atoms with Crippen LogP contribution in [0.1, 0.15) is 0 Å². The molecule has 0 N–H and O–H groups in total. The first-order valence-corrected chi connectivity index (χ1v) is 5.23. The molecule has 3 heterocycles. The Morgan fingerprint density at radius 1 is 1.12 bits per heavy atom. The van der Waals surface area contributed by atoms with Crippen molar-refractivity contribution in [1.29, 1.82) is 0 Å². The van der Waals surface area contributed by atoms with Gasteiger partial charge in [-0.3, -0.25) is 4.68 Å². The van der Waals surface area contributed by atoms with Crippen molar-refractivity contribution in [3.8, 4) is 11.5 Å². The Bertz CT molecular complexity index is 699. The molecule has 0 atom stereocenters. The average Bonchev–Trinajstić information content (AvgIpc) is 2.86. The molecule has 0 aliphatic heterocycles. The molecular formula is C9H8ClN7. The van der Waals surface area contributed by atoms with Crippen molar-refractivity contribution in [3.63, 3.8) is 0 Å². The lowest BCUT2D eigenvalue weighted by Crippen LogP contribution is -1.96. The summed E-state index contributed by atoms with van der Waals surface area (Å²) in [6.45, 7) is 0. The Labute approximate surface area is 101 Å². The third kappa shape index (κ3) is 1.55. The molecule has 3 rings (SSSR count). The fourth-order valence-electron chi connectivity index (χ4n) is 1.58. The summed E-state index contributed by atoms with van der Waals surface area (Å²) in [5.41, 5.74) is 1.84. The van der Waals surface area contributed by atoms with Gasteiger partial charge in [0, 0.05) is 14.1 Å². The molecule has 17 heavy (non-hydrogen) atoms. The molecule has 0 radical (unpaired) electrons. The van der Waals surface area contributed by atoms with Crippen LogP contribution in [0.5, 0.6) is 0 Å². The van der Waals surface area contributed by atoms with Crippen LogP contribution in [-0.4, -0.2) is 34.3 Å². The smallest absolute Gasteiger partial charge is 0.225 e. The van der Waals surface area contributed by atoms with E-state index < -0.39 is 0 Å². The maximum Gasteiger partial charge on any atom is 0.225 e. The van der Waals surface area contributed by atoms with Gasteiger partial charge in [0.1, 0.15) is 17.5 Å². The zero-order valence-corrected chi connectivity index (χ0v) is 9.92. The van der Waals surface area contributed by atoms with Gasteiger partial charge in [-0.2, -0.15) is 4.98 Å². The van der Waals surface area contributed by atoms with Gasteiger partial charge in [0.2, 0.25) is 11.1 Å². The molecule has 0 fully saturated rings. The minimum atomic E-state index is 0.156. The van der Waals surface area contributed by atoms with Crippen LogP contribution in [0.25, 0.3) is 22.7 Å². The lowest BCUT2D eigenvalue weighted by Gasteiger charge is -1.98. The largest absolute Gasteiger partial charge is 0.318 e. The molecule has 0 aliphatic rings. The van der Waals surface area contributed by atoms with Crippen molar-refractivity contribution in [2.75, 3.05) is 0 Å². The summed E-state index contributed by atoms with van der Waals surface area (Å²) < 4.78 is 3.37. The van der Waals surface area contributed by atoms with E-state index in [1.54, 1.807) is 29.0 Å². The van der Waals surface area contributed by atoms with Crippen molar-refractivity contribution < 1.29 is 0 Å². The summed E-state index contributed by atoms with van der Waals surface area (Å²) in [4.78, 5) is 16.6. The third-order valence-corrected chi connectivity index (χ3v) is 2.51. The molecule has 3 aromatic rings. The van der Waals surface area contributed by atoms with Crippen LogP contribution in [-0.2, 0) is 14.1 Å². The Hall–Kier alpha value is -2.02. The number of aromatic nitrogens is 7. The summed E-state index contributed by atoms with van der Waals surface area (Å²) in [7, 11) is 3.63. The monoisotopic (exact) mass is 249 g/mol. The van der Waals surface area contributed by atoms with Gasteiger partial charge in [0.25, 0.3) is 0 Å². The van der Waals surface area contributed by atoms with Gasteiger partial charge in [-0.1, -0.05) is 0 Å². The van der Waals surface area contributed by atoms with E-state index in [2.05, 4.69) is 25.0 Å². The summed E-state index contributed by atoms with van der Waals surface area (Å²) in [6.07, 6.45) is 3.25. The minimum Gasteiger partial charge on any atom is -0.318 e. The number of fused-ring (bicyclic) bond motifs is 1. The highest BCUT2D eigenvalue weighted by Crippen LogP contribution is 2.22. The predicted octanol–water partition coefficient (Wildman–Crippen LogP) is 0.812. The normalized spacial score (nSPS) is 11.2. The standard InChI is InChI=1S/C9H8ClN7/c1-16-3-11-6-5(7-12-4-17(2)15-7)13-9(10)14-8(6)16/h3-4H,1-2H3. The highest BCUT2D eigenvalue weighted by atomic mass is 35.5. The van der Waals surface area contributed by atoms with Crippen LogP contribution >= 0.6 is 11.6 Å². The maximum absolute atomic E-state index is 5.88. The molecular weight excluding hydrogens is 242 g/mol. The SMILES string of the molecule is Cn1cnc(-c2nc(Cl)nc3c2ncn3C)n1. The number of nitrogens with zero attached hydrogens (tertiary/aromatic N) is 7. The Morgan fingerprint density at radius 2 is 1.94 bits per heavy atom. The van der Waals surface area contributed by atoms with Gasteiger partial charge in [0.05, 0.1) is 6.33 Å². The molecule has 0 spiro atoms. The van der Waals surface area contributed by atoms with Crippen LogP contribution in [0.3, 0.4) is 0 Å². The van der Waals surface area contributed by atoms with E-state index in [0.717, 1.165) is 0 Å². The Kier molecular flexibility index (Phi) is 2.08. The van der Waals surface area contributed by atoms with E-state index in [4.69, 9.17) is 11.6 Å². The minimum absolute atomic E-state index is 0.156. The summed E-state index contributed by atoms with van der Waals surface area (Å²) in [5, 5.41) is 4.34. The van der Waals surface area contributed by atoms with Gasteiger partial charge < -0.3 is 4.57 Å². The van der Waals surface area contributed by atoms with Gasteiger partial charge in [0.15, 0.2) is 5.65 Å². The molecule has 0 bridgehead atoms. The molecule has 0 amide bonds. The zero-order valence-electron chi connectivity index (χ0n) is 9.16. The van der Waals surface area contributed by atoms with Gasteiger partial charge in [-0.15, -0.1) is 5.10 Å². The van der Waals surface area contributed by atoms with E-state index in [9.17, 15) is 0 Å². The van der Waals surface area contributed by atoms with Crippen molar-refractivity contribution >= 4 is 22.8 Å². The third-order valence-electron chi connectivity index (χ3n) is 2.34. The first-order valence-electron chi connectivity index (χ1n) is 4.86. The molecule has 86 valence electrons. The van der Waals surface area contributed by atoms with E-state index in [1.165, 1.54) is 0 Å². The fourth-order valence-corrected chi connectivity index (χ4v) is 1.75. The molecule has 3 aromatic heterocycles. The van der Waals surface area contributed by atoms with E-state index in [0.29, 0.717) is 22.7 Å². The summed E-state index contributed by atoms with van der Waals surface area (Å²) in [5.74, 6) is 0.487. The molecule has 8 heteroatoms. The van der Waals surface area contributed by atoms with E-state index >= 15 is 0 Å². The predicted molar refractivity (Wildman–Crippen MR) is 61.3 cm³/mol. The topological polar surface area (TPSA) is 74.3 Å². The molecule has 0 saturated heterocycles. The quantitative estimate of drug-likeness (QED) is 0.597. The fraction of sp³-hybridized carbons (Fsp3) is 0.222. The number of hydrogen-bond acceptors (Lipinski definition) is 5. The van der Waals surface area contributed by atoms with Crippen molar-refractivity contribution in [2.24, 2.45) is 14.1 Å². The van der Waals surface area contributed by atoms with Crippen LogP contribution in [0.15, 0.2) is 12.7 Å². The first-order chi connectivity index (χ1) is 8.15. The van der Waals surface area contributed by atoms with Crippen LogP contribution in [0, 0.1) is 0 Å². The van der Waals surface area contributed by atoms with Gasteiger partial charge in [-0.05, 0) is 11.6 Å². The highest BCUT2D eigenvalue weighted by Gasteiger charge is 2.15. The Morgan fingerprint density at radius 3 is 2.65 bits per heavy atom. The first kappa shape index (κ1) is 10.2. The second-order valence-corrected chi connectivity index (χ2v) is 3.95. The maximum atomic E-state index is 5.88. The number of hydrogen-bond donors (Lipinski definition) is 0. The van der Waals surface area contributed by atoms with Crippen molar-refractivity contribution in [2.45, 2.75) is 0 Å². The number of halogens is 1. The van der Waals surface area contributed by atoms with Crippen LogP contribution in [0.2, 0.25) is 5.28 Å². The molecule has 0 aliphatic carbocycles. The molecule has 7 nitrogen and oxygen atoms in total. The molecule has 0 unspecified atom stereocenters. The summed E-state index contributed by atoms with van der Waals surface area (Å²) in [6, 6.07) is 0. The van der Waals surface area contributed by atoms with E-state index in [-0.39, 0.29) is 5.28 Å². The second kappa shape index (κ2) is 3.49. The van der Waals surface area contributed by atoms with Crippen LogP contribution in [0.4, 0.5) is 0 Å².